The largest absolute Gasteiger partial charge is 0.497 e. The minimum absolute atomic E-state index is 0.131. The number of amides is 1. The molecular weight excluding hydrogens is 336 g/mol. The second-order valence-corrected chi connectivity index (χ2v) is 6.83. The zero-order chi connectivity index (χ0) is 18.9. The van der Waals surface area contributed by atoms with Crippen molar-refractivity contribution < 1.29 is 23.8 Å². The van der Waals surface area contributed by atoms with E-state index >= 15 is 0 Å². The first-order chi connectivity index (χ1) is 12.3. The summed E-state index contributed by atoms with van der Waals surface area (Å²) in [5, 5.41) is 12.2. The number of benzene rings is 1. The van der Waals surface area contributed by atoms with Crippen molar-refractivity contribution in [1.29, 1.82) is 0 Å². The number of methoxy groups -OCH3 is 1. The Hall–Kier alpha value is -2.83. The number of hydrogen-bond acceptors (Lipinski definition) is 5. The molecule has 2 N–H and O–H groups in total. The smallest absolute Gasteiger partial charge is 0.306 e. The molecule has 1 aromatic heterocycles. The van der Waals surface area contributed by atoms with Crippen LogP contribution in [0.2, 0.25) is 0 Å². The van der Waals surface area contributed by atoms with Gasteiger partial charge in [0.1, 0.15) is 5.75 Å². The molecular formula is C19H22N2O5. The molecule has 0 bridgehead atoms. The van der Waals surface area contributed by atoms with Gasteiger partial charge in [-0.2, -0.15) is 0 Å². The van der Waals surface area contributed by atoms with Crippen molar-refractivity contribution in [3.8, 4) is 5.75 Å². The number of hydrogen-bond donors (Lipinski definition) is 2. The fourth-order valence-corrected chi connectivity index (χ4v) is 2.93. The fraction of sp³-hybridized carbons (Fsp3) is 0.421. The number of carboxylic acids is 1. The van der Waals surface area contributed by atoms with Gasteiger partial charge in [0.05, 0.1) is 24.8 Å². The number of aromatic nitrogens is 1. The van der Waals surface area contributed by atoms with Crippen molar-refractivity contribution in [1.82, 2.24) is 10.3 Å². The highest BCUT2D eigenvalue weighted by atomic mass is 16.5. The van der Waals surface area contributed by atoms with Gasteiger partial charge in [0.25, 0.3) is 5.91 Å². The number of carbonyl (C=O) groups is 2. The first-order valence-corrected chi connectivity index (χ1v) is 8.48. The maximum atomic E-state index is 12.8. The van der Waals surface area contributed by atoms with Crippen LogP contribution in [-0.4, -0.2) is 29.1 Å². The maximum absolute atomic E-state index is 12.8. The van der Waals surface area contributed by atoms with Gasteiger partial charge >= 0.3 is 5.97 Å². The van der Waals surface area contributed by atoms with E-state index in [2.05, 4.69) is 10.3 Å². The molecule has 7 nitrogen and oxygen atoms in total. The third-order valence-electron chi connectivity index (χ3n) is 4.55. The van der Waals surface area contributed by atoms with E-state index in [0.29, 0.717) is 28.8 Å². The van der Waals surface area contributed by atoms with Crippen LogP contribution in [-0.2, 0) is 10.3 Å². The minimum Gasteiger partial charge on any atom is -0.497 e. The molecule has 1 aromatic carbocycles. The molecule has 0 spiro atoms. The summed E-state index contributed by atoms with van der Waals surface area (Å²) in [5.41, 5.74) is 0.0103. The molecule has 2 aromatic rings. The van der Waals surface area contributed by atoms with Crippen LogP contribution in [0.3, 0.4) is 0 Å². The number of oxazole rings is 1. The van der Waals surface area contributed by atoms with E-state index in [9.17, 15) is 14.7 Å². The van der Waals surface area contributed by atoms with Gasteiger partial charge in [0.15, 0.2) is 5.89 Å². The normalized spacial score (nSPS) is 16.0. The van der Waals surface area contributed by atoms with Gasteiger partial charge < -0.3 is 19.6 Å². The molecule has 1 atom stereocenters. The van der Waals surface area contributed by atoms with E-state index in [4.69, 9.17) is 9.15 Å². The van der Waals surface area contributed by atoms with Gasteiger partial charge in [-0.05, 0) is 44.4 Å². The second-order valence-electron chi connectivity index (χ2n) is 6.83. The number of nitrogens with zero attached hydrogens (tertiary/aromatic N) is 1. The highest BCUT2D eigenvalue weighted by Gasteiger charge is 2.35. The topological polar surface area (TPSA) is 102 Å². The predicted molar refractivity (Wildman–Crippen MR) is 93.3 cm³/mol. The summed E-state index contributed by atoms with van der Waals surface area (Å²) in [5.74, 6) is 0.0803. The lowest BCUT2D eigenvalue weighted by Gasteiger charge is -2.30. The number of nitrogens with one attached hydrogen (secondary N) is 1. The Morgan fingerprint density at radius 3 is 2.77 bits per heavy atom. The highest BCUT2D eigenvalue weighted by Crippen LogP contribution is 2.40. The lowest BCUT2D eigenvalue weighted by molar-refractivity contribution is -0.138. The van der Waals surface area contributed by atoms with Gasteiger partial charge in [-0.1, -0.05) is 12.1 Å². The van der Waals surface area contributed by atoms with Crippen molar-refractivity contribution in [3.63, 3.8) is 0 Å². The molecule has 1 aliphatic rings. The zero-order valence-corrected chi connectivity index (χ0v) is 15.0. The van der Waals surface area contributed by atoms with Gasteiger partial charge in [0, 0.05) is 5.92 Å². The van der Waals surface area contributed by atoms with Crippen LogP contribution >= 0.6 is 0 Å². The number of ether oxygens (including phenoxy) is 1. The number of carboxylic acid groups (broad SMARTS) is 1. The predicted octanol–water partition coefficient (Wildman–Crippen LogP) is 2.99. The van der Waals surface area contributed by atoms with E-state index in [1.807, 2.05) is 0 Å². The lowest BCUT2D eigenvalue weighted by atomic mass is 9.88. The first kappa shape index (κ1) is 18.0. The molecule has 138 valence electrons. The summed E-state index contributed by atoms with van der Waals surface area (Å²) in [6.07, 6.45) is 1.75. The van der Waals surface area contributed by atoms with Crippen LogP contribution in [0.1, 0.15) is 59.8 Å². The summed E-state index contributed by atoms with van der Waals surface area (Å²) in [4.78, 5) is 28.5. The van der Waals surface area contributed by atoms with E-state index in [0.717, 1.165) is 12.8 Å². The number of aliphatic carboxylic acids is 1. The average Bonchev–Trinajstić information content (AvgIpc) is 3.36. The van der Waals surface area contributed by atoms with Crippen LogP contribution < -0.4 is 10.1 Å². The Morgan fingerprint density at radius 1 is 1.42 bits per heavy atom. The zero-order valence-electron chi connectivity index (χ0n) is 15.0. The van der Waals surface area contributed by atoms with E-state index in [-0.39, 0.29) is 12.2 Å². The summed E-state index contributed by atoms with van der Waals surface area (Å²) in [6.45, 7) is 3.38. The van der Waals surface area contributed by atoms with Crippen LogP contribution in [0.25, 0.3) is 0 Å². The average molecular weight is 358 g/mol. The van der Waals surface area contributed by atoms with Crippen molar-refractivity contribution in [3.05, 3.63) is 47.2 Å². The van der Waals surface area contributed by atoms with Crippen LogP contribution in [0.15, 0.2) is 28.7 Å². The summed E-state index contributed by atoms with van der Waals surface area (Å²) < 4.78 is 10.8. The summed E-state index contributed by atoms with van der Waals surface area (Å²) in [7, 11) is 1.53. The molecule has 0 saturated heterocycles. The fourth-order valence-electron chi connectivity index (χ4n) is 2.93. The standard InChI is InChI=1S/C19H22N2O5/c1-11-16(26-18(20-11)12-7-8-12)17(24)21-19(2,10-15(22)23)13-5-4-6-14(9-13)25-3/h4-6,9,12H,7-8,10H2,1-3H3,(H,21,24)(H,22,23). The quantitative estimate of drug-likeness (QED) is 0.789. The molecule has 1 heterocycles. The van der Waals surface area contributed by atoms with Crippen LogP contribution in [0.5, 0.6) is 5.75 Å². The first-order valence-electron chi connectivity index (χ1n) is 8.48. The van der Waals surface area contributed by atoms with Gasteiger partial charge in [-0.15, -0.1) is 0 Å². The maximum Gasteiger partial charge on any atom is 0.306 e. The van der Waals surface area contributed by atoms with Crippen molar-refractivity contribution >= 4 is 11.9 Å². The van der Waals surface area contributed by atoms with Crippen molar-refractivity contribution in [2.45, 2.75) is 44.6 Å². The lowest BCUT2D eigenvalue weighted by Crippen LogP contribution is -2.45. The Labute approximate surface area is 151 Å². The molecule has 26 heavy (non-hydrogen) atoms. The highest BCUT2D eigenvalue weighted by molar-refractivity contribution is 5.93. The van der Waals surface area contributed by atoms with Gasteiger partial charge in [-0.3, -0.25) is 9.59 Å². The molecule has 1 fully saturated rings. The molecule has 1 amide bonds. The van der Waals surface area contributed by atoms with E-state index in [1.165, 1.54) is 7.11 Å². The summed E-state index contributed by atoms with van der Waals surface area (Å²) in [6, 6.07) is 6.99. The number of aryl methyl sites for hydroxylation is 1. The number of carbonyl (C=O) groups excluding carboxylic acids is 1. The minimum atomic E-state index is -1.13. The van der Waals surface area contributed by atoms with Crippen LogP contribution in [0.4, 0.5) is 0 Å². The van der Waals surface area contributed by atoms with Crippen molar-refractivity contribution in [2.75, 3.05) is 7.11 Å². The van der Waals surface area contributed by atoms with E-state index in [1.54, 1.807) is 38.1 Å². The second kappa shape index (κ2) is 6.82. The summed E-state index contributed by atoms with van der Waals surface area (Å²) >= 11 is 0. The Morgan fingerprint density at radius 2 is 2.15 bits per heavy atom. The molecule has 3 rings (SSSR count). The third kappa shape index (κ3) is 3.71. The Bertz CT molecular complexity index is 840. The number of rotatable bonds is 7. The molecule has 1 aliphatic carbocycles. The molecule has 1 saturated carbocycles. The third-order valence-corrected chi connectivity index (χ3v) is 4.55. The Balaban J connectivity index is 1.90. The van der Waals surface area contributed by atoms with Gasteiger partial charge in [-0.25, -0.2) is 4.98 Å². The van der Waals surface area contributed by atoms with Crippen molar-refractivity contribution in [2.24, 2.45) is 0 Å². The van der Waals surface area contributed by atoms with Crippen LogP contribution in [0, 0.1) is 6.92 Å². The SMILES string of the molecule is COc1cccc(C(C)(CC(=O)O)NC(=O)c2oc(C3CC3)nc2C)c1. The molecule has 1 unspecified atom stereocenters. The molecule has 7 heteroatoms. The Kier molecular flexibility index (Phi) is 4.71. The molecule has 0 aliphatic heterocycles. The van der Waals surface area contributed by atoms with Gasteiger partial charge in [0.2, 0.25) is 5.76 Å². The molecule has 0 radical (unpaired) electrons. The monoisotopic (exact) mass is 358 g/mol. The van der Waals surface area contributed by atoms with E-state index < -0.39 is 17.4 Å².